The summed E-state index contributed by atoms with van der Waals surface area (Å²) in [5.41, 5.74) is 1.89. The fourth-order valence-corrected chi connectivity index (χ4v) is 10.1. The highest BCUT2D eigenvalue weighted by Crippen LogP contribution is 2.54. The Balaban J connectivity index is 1.46. The number of likely N-dealkylation sites (tertiary alicyclic amines) is 1. The van der Waals surface area contributed by atoms with E-state index in [4.69, 9.17) is 26.1 Å². The first-order valence-electron chi connectivity index (χ1n) is 19.0. The monoisotopic (exact) mass is 807 g/mol. The summed E-state index contributed by atoms with van der Waals surface area (Å²) in [5.74, 6) is -1.23. The van der Waals surface area contributed by atoms with Gasteiger partial charge in [-0.3, -0.25) is 4.90 Å². The number of pyridine rings is 1. The number of amides is 2. The van der Waals surface area contributed by atoms with Gasteiger partial charge in [-0.2, -0.15) is 5.26 Å². The number of ether oxygens (including phenoxy) is 2. The van der Waals surface area contributed by atoms with Gasteiger partial charge in [0.1, 0.15) is 22.0 Å². The van der Waals surface area contributed by atoms with Crippen LogP contribution < -0.4 is 0 Å². The summed E-state index contributed by atoms with van der Waals surface area (Å²) in [7, 11) is -1.44. The Hall–Kier alpha value is -3.86. The lowest BCUT2D eigenvalue weighted by Crippen LogP contribution is -2.45. The van der Waals surface area contributed by atoms with Gasteiger partial charge >= 0.3 is 12.2 Å². The molecule has 9 nitrogen and oxygen atoms in total. The van der Waals surface area contributed by atoms with Gasteiger partial charge < -0.3 is 18.9 Å². The van der Waals surface area contributed by atoms with Gasteiger partial charge in [-0.05, 0) is 82.5 Å². The summed E-state index contributed by atoms with van der Waals surface area (Å²) in [4.78, 5) is 35.9. The molecule has 1 aliphatic carbocycles. The Morgan fingerprint density at radius 2 is 1.89 bits per heavy atom. The molecule has 5 heterocycles. The number of benzene rings is 2. The van der Waals surface area contributed by atoms with Crippen molar-refractivity contribution in [3.05, 3.63) is 58.2 Å². The molecule has 3 aliphatic heterocycles. The molecule has 2 amide bonds. The number of hydrogen-bond donors (Lipinski definition) is 0. The van der Waals surface area contributed by atoms with Gasteiger partial charge in [0.15, 0.2) is 5.82 Å². The van der Waals surface area contributed by atoms with Gasteiger partial charge in [0, 0.05) is 61.1 Å². The van der Waals surface area contributed by atoms with Gasteiger partial charge in [0.05, 0.1) is 41.3 Å². The molecule has 4 aliphatic rings. The maximum atomic E-state index is 17.3. The Morgan fingerprint density at radius 3 is 2.58 bits per heavy atom. The lowest BCUT2D eigenvalue weighted by atomic mass is 9.79. The van der Waals surface area contributed by atoms with E-state index in [0.29, 0.717) is 42.1 Å². The van der Waals surface area contributed by atoms with Crippen molar-refractivity contribution in [2.75, 3.05) is 26.0 Å². The second-order valence-electron chi connectivity index (χ2n) is 17.2. The lowest BCUT2D eigenvalue weighted by Gasteiger charge is -2.40. The molecule has 14 heteroatoms. The maximum absolute atomic E-state index is 17.3. The first kappa shape index (κ1) is 39.4. The predicted octanol–water partition coefficient (Wildman–Crippen LogP) is 10.8. The zero-order valence-electron chi connectivity index (χ0n) is 32.5. The van der Waals surface area contributed by atoms with Gasteiger partial charge in [0.2, 0.25) is 0 Å². The van der Waals surface area contributed by atoms with E-state index in [1.54, 1.807) is 6.07 Å². The van der Waals surface area contributed by atoms with Crippen molar-refractivity contribution in [1.82, 2.24) is 19.4 Å². The van der Waals surface area contributed by atoms with Crippen LogP contribution in [0.15, 0.2) is 35.4 Å². The largest absolute Gasteiger partial charge is 0.450 e. The Bertz CT molecular complexity index is 2230. The molecule has 2 aromatic heterocycles. The first-order valence-corrected chi connectivity index (χ1v) is 24.3. The number of aromatic nitrogens is 2. The summed E-state index contributed by atoms with van der Waals surface area (Å²) < 4.78 is 46.1. The highest BCUT2D eigenvalue weighted by molar-refractivity contribution is 7.98. The molecular weight excluding hydrogens is 760 g/mol. The van der Waals surface area contributed by atoms with Crippen LogP contribution in [0.5, 0.6) is 0 Å². The summed E-state index contributed by atoms with van der Waals surface area (Å²) >= 11 is 7.87. The molecule has 1 saturated carbocycles. The van der Waals surface area contributed by atoms with Crippen LogP contribution in [0.4, 0.5) is 18.4 Å². The van der Waals surface area contributed by atoms with E-state index in [1.807, 2.05) is 42.9 Å². The number of nitriles is 1. The molecule has 0 spiro atoms. The molecular formula is C41H48ClF2N5O4SSi. The molecule has 8 rings (SSSR count). The summed E-state index contributed by atoms with van der Waals surface area (Å²) in [6, 6.07) is 10.6. The number of rotatable bonds is 9. The van der Waals surface area contributed by atoms with Crippen molar-refractivity contribution in [2.45, 2.75) is 107 Å². The van der Waals surface area contributed by atoms with Crippen molar-refractivity contribution in [1.29, 1.82) is 5.26 Å². The highest BCUT2D eigenvalue weighted by Gasteiger charge is 2.57. The Kier molecular flexibility index (Phi) is 10.7. The molecule has 4 fully saturated rings. The third kappa shape index (κ3) is 7.30. The number of carbonyl (C=O) groups is 2. The molecule has 0 N–H and O–H groups in total. The molecule has 3 saturated heterocycles. The topological polar surface area (TPSA) is 101 Å². The van der Waals surface area contributed by atoms with Crippen LogP contribution in [0.3, 0.4) is 0 Å². The van der Waals surface area contributed by atoms with E-state index in [2.05, 4.69) is 36.3 Å². The molecule has 2 aromatic carbocycles. The molecule has 4 atom stereocenters. The average molecular weight is 808 g/mol. The SMILES string of the molecule is CSc1nc2c(F)c(-c3cccc(F)c3Cl)c(CCC#N)cc2c2c1cc([C@H]1CCCN1C(=O)OCC[Si](C)(C)C)n2[C@H]1[C@@H]2C[C@H]1N(C(=O)OC(C)(C)C)C2. The second-order valence-corrected chi connectivity index (χ2v) is 24.0. The molecule has 55 heavy (non-hydrogen) atoms. The van der Waals surface area contributed by atoms with Crippen molar-refractivity contribution >= 4 is 65.4 Å². The van der Waals surface area contributed by atoms with Crippen molar-refractivity contribution < 1.29 is 27.8 Å². The van der Waals surface area contributed by atoms with Gasteiger partial charge in [-0.1, -0.05) is 43.4 Å². The minimum Gasteiger partial charge on any atom is -0.450 e. The van der Waals surface area contributed by atoms with Crippen molar-refractivity contribution in [3.8, 4) is 17.2 Å². The van der Waals surface area contributed by atoms with Crippen LogP contribution in [-0.2, 0) is 15.9 Å². The third-order valence-corrected chi connectivity index (χ3v) is 13.9. The van der Waals surface area contributed by atoms with Gasteiger partial charge in [0.25, 0.3) is 0 Å². The fraction of sp³-hybridized carbons (Fsp3) is 0.512. The van der Waals surface area contributed by atoms with E-state index in [9.17, 15) is 19.2 Å². The van der Waals surface area contributed by atoms with E-state index in [-0.39, 0.29) is 70.7 Å². The number of thioether (sulfide) groups is 1. The molecule has 0 radical (unpaired) electrons. The number of nitrogens with zero attached hydrogens (tertiary/aromatic N) is 5. The zero-order valence-corrected chi connectivity index (χ0v) is 35.0. The standard InChI is InChI=1S/C41H48ClF2N5O4SSi/c1-41(2,3)53-40(51)48-22-24-20-31(48)36(24)49-30(29-14-10-16-47(29)39(50)52-17-18-55(5,6)7)21-27-37(49)26-19-23(11-9-15-45)32(25-12-8-13-28(43)33(25)42)34(44)35(26)46-38(27)54-4/h8,12-13,19,21,24,29,31,36H,9-11,14,16-18,20,22H2,1-7H3/t24-,29-,31-,36+/m1/s1. The first-order chi connectivity index (χ1) is 26.0. The van der Waals surface area contributed by atoms with Crippen LogP contribution in [0.25, 0.3) is 32.9 Å². The number of halogens is 3. The number of hydrogen-bond acceptors (Lipinski definition) is 7. The van der Waals surface area contributed by atoms with Crippen LogP contribution >= 0.6 is 23.4 Å². The van der Waals surface area contributed by atoms with E-state index < -0.39 is 25.3 Å². The molecule has 292 valence electrons. The van der Waals surface area contributed by atoms with Gasteiger partial charge in [-0.25, -0.2) is 23.4 Å². The quantitative estimate of drug-likeness (QED) is 0.123. The lowest BCUT2D eigenvalue weighted by molar-refractivity contribution is 0.0208. The van der Waals surface area contributed by atoms with Crippen LogP contribution in [0, 0.1) is 28.9 Å². The maximum Gasteiger partial charge on any atom is 0.410 e. The molecule has 2 bridgehead atoms. The fourth-order valence-electron chi connectivity index (χ4n) is 8.56. The van der Waals surface area contributed by atoms with E-state index >= 15 is 4.39 Å². The molecule has 4 aromatic rings. The summed E-state index contributed by atoms with van der Waals surface area (Å²) in [6.07, 6.45) is 3.76. The van der Waals surface area contributed by atoms with E-state index in [0.717, 1.165) is 35.5 Å². The smallest absolute Gasteiger partial charge is 0.410 e. The van der Waals surface area contributed by atoms with Crippen molar-refractivity contribution in [3.63, 3.8) is 0 Å². The van der Waals surface area contributed by atoms with Crippen molar-refractivity contribution in [2.24, 2.45) is 5.92 Å². The Morgan fingerprint density at radius 1 is 1.13 bits per heavy atom. The Labute approximate surface area is 331 Å². The normalized spacial score (nSPS) is 21.0. The average Bonchev–Trinajstić information content (AvgIpc) is 3.90. The highest BCUT2D eigenvalue weighted by atomic mass is 35.5. The number of fused-ring (bicyclic) bond motifs is 4. The summed E-state index contributed by atoms with van der Waals surface area (Å²) in [6.45, 7) is 13.7. The van der Waals surface area contributed by atoms with Crippen LogP contribution in [-0.4, -0.2) is 77.2 Å². The zero-order chi connectivity index (χ0) is 39.6. The predicted molar refractivity (Wildman–Crippen MR) is 215 cm³/mol. The minimum atomic E-state index is -1.44. The van der Waals surface area contributed by atoms with Crippen LogP contribution in [0.2, 0.25) is 30.7 Å². The number of carbonyl (C=O) groups excluding carboxylic acids is 2. The number of aryl methyl sites for hydroxylation is 1. The second kappa shape index (κ2) is 14.9. The van der Waals surface area contributed by atoms with E-state index in [1.165, 1.54) is 23.9 Å². The van der Waals surface area contributed by atoms with Gasteiger partial charge in [-0.15, -0.1) is 11.8 Å². The van der Waals surface area contributed by atoms with Crippen LogP contribution in [0.1, 0.15) is 69.8 Å². The third-order valence-electron chi connectivity index (χ3n) is 11.1. The molecule has 0 unspecified atom stereocenters. The minimum absolute atomic E-state index is 0.0969. The summed E-state index contributed by atoms with van der Waals surface area (Å²) in [5, 5.41) is 11.4.